The topological polar surface area (TPSA) is 24.4 Å². The van der Waals surface area contributed by atoms with Crippen molar-refractivity contribution in [3.8, 4) is 0 Å². The van der Waals surface area contributed by atoms with Crippen LogP contribution in [0.1, 0.15) is 49.8 Å². The Hall–Kier alpha value is -2.35. The van der Waals surface area contributed by atoms with Gasteiger partial charge in [0, 0.05) is 17.9 Å². The van der Waals surface area contributed by atoms with E-state index in [4.69, 9.17) is 5.10 Å². The van der Waals surface area contributed by atoms with E-state index in [2.05, 4.69) is 86.9 Å². The molecule has 2 heteroatoms. The summed E-state index contributed by atoms with van der Waals surface area (Å²) in [6, 6.07) is 19.1. The van der Waals surface area contributed by atoms with Gasteiger partial charge >= 0.3 is 0 Å². The van der Waals surface area contributed by atoms with E-state index in [1.54, 1.807) is 0 Å². The van der Waals surface area contributed by atoms with Crippen molar-refractivity contribution >= 4 is 11.8 Å². The first-order chi connectivity index (χ1) is 11.0. The maximum absolute atomic E-state index is 4.73. The molecule has 0 bridgehead atoms. The molecule has 2 aromatic carbocycles. The number of fused-ring (bicyclic) bond motifs is 1. The predicted octanol–water partition coefficient (Wildman–Crippen LogP) is 4.98. The van der Waals surface area contributed by atoms with E-state index in [0.717, 1.165) is 12.1 Å². The van der Waals surface area contributed by atoms with Crippen molar-refractivity contribution in [3.63, 3.8) is 0 Å². The van der Waals surface area contributed by atoms with Crippen LogP contribution in [0.15, 0.2) is 65.8 Å². The first-order valence-electron chi connectivity index (χ1n) is 8.19. The van der Waals surface area contributed by atoms with E-state index in [9.17, 15) is 0 Å². The minimum absolute atomic E-state index is 0.0382. The summed E-state index contributed by atoms with van der Waals surface area (Å²) in [6.07, 6.45) is 5.42. The number of nitrogens with zero attached hydrogens (tertiary/aromatic N) is 1. The summed E-state index contributed by atoms with van der Waals surface area (Å²) in [7, 11) is 0. The van der Waals surface area contributed by atoms with Crippen LogP contribution in [0.5, 0.6) is 0 Å². The van der Waals surface area contributed by atoms with Gasteiger partial charge < -0.3 is 5.43 Å². The fourth-order valence-corrected chi connectivity index (χ4v) is 2.80. The predicted molar refractivity (Wildman–Crippen MR) is 98.7 cm³/mol. The normalized spacial score (nSPS) is 17.2. The van der Waals surface area contributed by atoms with Gasteiger partial charge in [0.1, 0.15) is 0 Å². The van der Waals surface area contributed by atoms with Crippen LogP contribution in [0.4, 0.5) is 0 Å². The molecule has 3 rings (SSSR count). The molecule has 1 aliphatic rings. The molecule has 0 spiro atoms. The molecule has 0 amide bonds. The van der Waals surface area contributed by atoms with Gasteiger partial charge in [-0.2, -0.15) is 5.10 Å². The Kier molecular flexibility index (Phi) is 4.33. The molecule has 1 N–H and O–H groups in total. The molecule has 2 nitrogen and oxygen atoms in total. The minimum atomic E-state index is -0.0382. The Balaban J connectivity index is 1.87. The zero-order valence-electron chi connectivity index (χ0n) is 14.1. The van der Waals surface area contributed by atoms with E-state index in [1.165, 1.54) is 16.7 Å². The molecule has 0 radical (unpaired) electrons. The second-order valence-corrected chi connectivity index (χ2v) is 7.08. The summed E-state index contributed by atoms with van der Waals surface area (Å²) < 4.78 is 0. The molecule has 0 aliphatic heterocycles. The molecule has 1 aliphatic carbocycles. The summed E-state index contributed by atoms with van der Waals surface area (Å²) in [5.41, 5.74) is 8.25. The van der Waals surface area contributed by atoms with Crippen LogP contribution in [0.25, 0.3) is 6.08 Å². The molecule has 23 heavy (non-hydrogen) atoms. The lowest BCUT2D eigenvalue weighted by Crippen LogP contribution is -2.32. The molecule has 2 aromatic rings. The summed E-state index contributed by atoms with van der Waals surface area (Å²) >= 11 is 0. The van der Waals surface area contributed by atoms with Crippen molar-refractivity contribution in [1.82, 2.24) is 5.43 Å². The van der Waals surface area contributed by atoms with Gasteiger partial charge in [0.25, 0.3) is 0 Å². The average Bonchev–Trinajstić information content (AvgIpc) is 2.94. The highest BCUT2D eigenvalue weighted by atomic mass is 15.3. The van der Waals surface area contributed by atoms with Crippen molar-refractivity contribution in [2.75, 3.05) is 0 Å². The SMILES string of the molecule is CC(C)(C)NN=C(CC1C=Cc2ccccc21)c1ccccc1. The quantitative estimate of drug-likeness (QED) is 0.625. The highest BCUT2D eigenvalue weighted by Gasteiger charge is 2.20. The summed E-state index contributed by atoms with van der Waals surface area (Å²) in [6.45, 7) is 6.39. The molecule has 0 heterocycles. The summed E-state index contributed by atoms with van der Waals surface area (Å²) in [5.74, 6) is 0.395. The first-order valence-corrected chi connectivity index (χ1v) is 8.19. The number of hydrogen-bond donors (Lipinski definition) is 1. The van der Waals surface area contributed by atoms with E-state index in [1.807, 2.05) is 6.07 Å². The third-order valence-corrected chi connectivity index (χ3v) is 3.95. The Morgan fingerprint density at radius 3 is 2.43 bits per heavy atom. The molecule has 0 aromatic heterocycles. The van der Waals surface area contributed by atoms with E-state index in [-0.39, 0.29) is 5.54 Å². The lowest BCUT2D eigenvalue weighted by molar-refractivity contribution is 0.440. The van der Waals surface area contributed by atoms with Gasteiger partial charge in [0.05, 0.1) is 5.71 Å². The molecule has 0 fully saturated rings. The zero-order valence-corrected chi connectivity index (χ0v) is 14.1. The largest absolute Gasteiger partial charge is 0.305 e. The first kappa shape index (κ1) is 15.5. The molecular weight excluding hydrogens is 280 g/mol. The van der Waals surface area contributed by atoms with Gasteiger partial charge in [0.15, 0.2) is 0 Å². The number of hydrazone groups is 1. The van der Waals surface area contributed by atoms with Crippen LogP contribution in [0.2, 0.25) is 0 Å². The van der Waals surface area contributed by atoms with Gasteiger partial charge in [-0.05, 0) is 37.5 Å². The van der Waals surface area contributed by atoms with Crippen molar-refractivity contribution < 1.29 is 0 Å². The minimum Gasteiger partial charge on any atom is -0.305 e. The lowest BCUT2D eigenvalue weighted by Gasteiger charge is -2.20. The van der Waals surface area contributed by atoms with Crippen LogP contribution in [-0.4, -0.2) is 11.3 Å². The van der Waals surface area contributed by atoms with E-state index < -0.39 is 0 Å². The summed E-state index contributed by atoms with van der Waals surface area (Å²) in [5, 5.41) is 4.73. The average molecular weight is 304 g/mol. The number of rotatable bonds is 4. The van der Waals surface area contributed by atoms with Gasteiger partial charge in [-0.1, -0.05) is 66.7 Å². The third kappa shape index (κ3) is 3.89. The maximum Gasteiger partial charge on any atom is 0.0684 e. The number of allylic oxidation sites excluding steroid dienone is 1. The maximum atomic E-state index is 4.73. The second-order valence-electron chi connectivity index (χ2n) is 7.08. The van der Waals surface area contributed by atoms with Crippen LogP contribution in [-0.2, 0) is 0 Å². The van der Waals surface area contributed by atoms with Crippen LogP contribution >= 0.6 is 0 Å². The van der Waals surface area contributed by atoms with Gasteiger partial charge in [-0.15, -0.1) is 0 Å². The Labute approximate surface area is 138 Å². The van der Waals surface area contributed by atoms with Crippen molar-refractivity contribution in [1.29, 1.82) is 0 Å². The molecule has 1 unspecified atom stereocenters. The Morgan fingerprint density at radius 2 is 1.70 bits per heavy atom. The Bertz CT molecular complexity index is 721. The van der Waals surface area contributed by atoms with Crippen molar-refractivity contribution in [2.24, 2.45) is 5.10 Å². The van der Waals surface area contributed by atoms with Gasteiger partial charge in [0.2, 0.25) is 0 Å². The molecule has 118 valence electrons. The Morgan fingerprint density at radius 1 is 1.00 bits per heavy atom. The third-order valence-electron chi connectivity index (χ3n) is 3.95. The lowest BCUT2D eigenvalue weighted by atomic mass is 9.93. The van der Waals surface area contributed by atoms with Crippen LogP contribution < -0.4 is 5.43 Å². The standard InChI is InChI=1S/C21H24N2/c1-21(2,3)23-22-20(17-10-5-4-6-11-17)15-18-14-13-16-9-7-8-12-19(16)18/h4-14,18,23H,15H2,1-3H3. The van der Waals surface area contributed by atoms with Crippen LogP contribution in [0.3, 0.4) is 0 Å². The van der Waals surface area contributed by atoms with Crippen LogP contribution in [0, 0.1) is 0 Å². The second kappa shape index (κ2) is 6.41. The summed E-state index contributed by atoms with van der Waals surface area (Å²) in [4.78, 5) is 0. The highest BCUT2D eigenvalue weighted by molar-refractivity contribution is 6.01. The zero-order chi connectivity index (χ0) is 16.3. The van der Waals surface area contributed by atoms with E-state index >= 15 is 0 Å². The molecule has 1 atom stereocenters. The van der Waals surface area contributed by atoms with Crippen molar-refractivity contribution in [2.45, 2.75) is 38.6 Å². The molecular formula is C21H24N2. The fourth-order valence-electron chi connectivity index (χ4n) is 2.80. The molecule has 0 saturated heterocycles. The van der Waals surface area contributed by atoms with Gasteiger partial charge in [-0.3, -0.25) is 0 Å². The number of benzene rings is 2. The number of hydrogen-bond acceptors (Lipinski definition) is 2. The van der Waals surface area contributed by atoms with Gasteiger partial charge in [-0.25, -0.2) is 0 Å². The van der Waals surface area contributed by atoms with E-state index in [0.29, 0.717) is 5.92 Å². The number of nitrogens with one attached hydrogen (secondary N) is 1. The fraction of sp³-hybridized carbons (Fsp3) is 0.286. The monoisotopic (exact) mass is 304 g/mol. The van der Waals surface area contributed by atoms with Crippen molar-refractivity contribution in [3.05, 3.63) is 77.4 Å². The smallest absolute Gasteiger partial charge is 0.0684 e. The molecule has 0 saturated carbocycles. The highest BCUT2D eigenvalue weighted by Crippen LogP contribution is 2.33.